The minimum absolute atomic E-state index is 0.0319. The smallest absolute Gasteiger partial charge is 0.225 e. The number of carbonyl (C=O) groups excluding carboxylic acids is 1. The first-order valence-corrected chi connectivity index (χ1v) is 13.0. The molecule has 4 heterocycles. The van der Waals surface area contributed by atoms with E-state index in [2.05, 4.69) is 62.9 Å². The van der Waals surface area contributed by atoms with E-state index in [-0.39, 0.29) is 29.8 Å². The molecular weight excluding hydrogens is 474 g/mol. The number of rotatable bonds is 6. The van der Waals surface area contributed by atoms with Crippen LogP contribution in [0.5, 0.6) is 5.88 Å². The third kappa shape index (κ3) is 5.46. The molecule has 0 radical (unpaired) electrons. The number of hydrogen-bond donors (Lipinski definition) is 0. The van der Waals surface area contributed by atoms with Gasteiger partial charge in [0.1, 0.15) is 11.9 Å². The molecule has 5 rings (SSSR count). The van der Waals surface area contributed by atoms with Gasteiger partial charge in [-0.2, -0.15) is 0 Å². The van der Waals surface area contributed by atoms with Crippen molar-refractivity contribution in [2.45, 2.75) is 38.7 Å². The predicted molar refractivity (Wildman–Crippen MR) is 140 cm³/mol. The van der Waals surface area contributed by atoms with Gasteiger partial charge < -0.3 is 14.5 Å². The maximum Gasteiger partial charge on any atom is 0.225 e. The first kappa shape index (κ1) is 24.5. The van der Waals surface area contributed by atoms with Crippen molar-refractivity contribution in [1.82, 2.24) is 19.9 Å². The third-order valence-corrected chi connectivity index (χ3v) is 7.73. The number of hydrogen-bond acceptors (Lipinski definition) is 6. The molecule has 0 bridgehead atoms. The highest BCUT2D eigenvalue weighted by molar-refractivity contribution is 6.30. The molecule has 2 aliphatic heterocycles. The minimum atomic E-state index is -0.110. The molecule has 2 aromatic heterocycles. The molecule has 0 N–H and O–H groups in total. The molecule has 7 nitrogen and oxygen atoms in total. The number of nitrogens with zero attached hydrogens (tertiary/aromatic N) is 5. The lowest BCUT2D eigenvalue weighted by atomic mass is 9.85. The average Bonchev–Trinajstić information content (AvgIpc) is 3.36. The largest absolute Gasteiger partial charge is 0.474 e. The van der Waals surface area contributed by atoms with Crippen molar-refractivity contribution in [2.24, 2.45) is 11.8 Å². The molecule has 2 fully saturated rings. The van der Waals surface area contributed by atoms with Crippen molar-refractivity contribution in [1.29, 1.82) is 0 Å². The van der Waals surface area contributed by atoms with Crippen LogP contribution in [0.25, 0.3) is 0 Å². The second-order valence-corrected chi connectivity index (χ2v) is 10.3. The Morgan fingerprint density at radius 1 is 1.03 bits per heavy atom. The lowest BCUT2D eigenvalue weighted by molar-refractivity contribution is -0.135. The molecule has 0 spiro atoms. The van der Waals surface area contributed by atoms with Gasteiger partial charge in [0.2, 0.25) is 11.8 Å². The van der Waals surface area contributed by atoms with E-state index in [1.807, 2.05) is 0 Å². The topological polar surface area (TPSA) is 71.5 Å². The van der Waals surface area contributed by atoms with Crippen molar-refractivity contribution in [3.63, 3.8) is 0 Å². The van der Waals surface area contributed by atoms with Crippen LogP contribution in [-0.4, -0.2) is 58.0 Å². The fraction of sp³-hybridized carbons (Fsp3) is 0.429. The molecule has 188 valence electrons. The van der Waals surface area contributed by atoms with Crippen LogP contribution in [-0.2, 0) is 4.79 Å². The molecule has 0 aliphatic carbocycles. The lowest BCUT2D eigenvalue weighted by Gasteiger charge is -2.33. The standard InChI is InChI=1S/C28H32ClN5O2/c1-19-3-5-21(6-4-19)25-18-34(17-24(25)20(2)36-27-8-7-23(29)15-32-27)28(35)22-9-13-33(14-10-22)26-16-30-11-12-31-26/h3-8,11-12,15-16,20,22,24-25H,9-10,13-14,17-18H2,1-2H3. The number of amides is 1. The summed E-state index contributed by atoms with van der Waals surface area (Å²) in [6.07, 6.45) is 8.32. The molecule has 1 aromatic carbocycles. The average molecular weight is 506 g/mol. The molecule has 3 unspecified atom stereocenters. The van der Waals surface area contributed by atoms with E-state index in [9.17, 15) is 4.79 Å². The summed E-state index contributed by atoms with van der Waals surface area (Å²) in [5, 5.41) is 0.579. The van der Waals surface area contributed by atoms with Gasteiger partial charge in [-0.15, -0.1) is 0 Å². The van der Waals surface area contributed by atoms with Gasteiger partial charge in [-0.1, -0.05) is 41.4 Å². The quantitative estimate of drug-likeness (QED) is 0.481. The Bertz CT molecular complexity index is 1150. The van der Waals surface area contributed by atoms with Crippen molar-refractivity contribution >= 4 is 23.3 Å². The summed E-state index contributed by atoms with van der Waals surface area (Å²) in [7, 11) is 0. The summed E-state index contributed by atoms with van der Waals surface area (Å²) < 4.78 is 6.24. The van der Waals surface area contributed by atoms with E-state index >= 15 is 0 Å². The van der Waals surface area contributed by atoms with E-state index in [1.165, 1.54) is 11.1 Å². The van der Waals surface area contributed by atoms with Gasteiger partial charge in [0.25, 0.3) is 0 Å². The fourth-order valence-electron chi connectivity index (χ4n) is 5.43. The SMILES string of the molecule is Cc1ccc(C2CN(C(=O)C3CCN(c4cnccn4)CC3)CC2C(C)Oc2ccc(Cl)cn2)cc1. The highest BCUT2D eigenvalue weighted by Gasteiger charge is 2.42. The van der Waals surface area contributed by atoms with Crippen LogP contribution >= 0.6 is 11.6 Å². The van der Waals surface area contributed by atoms with Crippen molar-refractivity contribution in [3.05, 3.63) is 77.3 Å². The zero-order valence-corrected chi connectivity index (χ0v) is 21.5. The van der Waals surface area contributed by atoms with Crippen LogP contribution < -0.4 is 9.64 Å². The number of benzene rings is 1. The Hall–Kier alpha value is -3.19. The van der Waals surface area contributed by atoms with Crippen LogP contribution in [0.15, 0.2) is 61.2 Å². The molecule has 2 saturated heterocycles. The van der Waals surface area contributed by atoms with Crippen LogP contribution in [0.2, 0.25) is 5.02 Å². The predicted octanol–water partition coefficient (Wildman–Crippen LogP) is 4.76. The van der Waals surface area contributed by atoms with Gasteiger partial charge in [0, 0.05) is 68.6 Å². The third-order valence-electron chi connectivity index (χ3n) is 7.51. The Kier molecular flexibility index (Phi) is 7.37. The van der Waals surface area contributed by atoms with E-state index in [1.54, 1.807) is 36.9 Å². The van der Waals surface area contributed by atoms with E-state index < -0.39 is 0 Å². The van der Waals surface area contributed by atoms with Crippen molar-refractivity contribution < 1.29 is 9.53 Å². The first-order valence-electron chi connectivity index (χ1n) is 12.6. The first-order chi connectivity index (χ1) is 17.5. The summed E-state index contributed by atoms with van der Waals surface area (Å²) in [6.45, 7) is 7.19. The summed E-state index contributed by atoms with van der Waals surface area (Å²) in [5.41, 5.74) is 2.48. The van der Waals surface area contributed by atoms with E-state index in [0.29, 0.717) is 24.0 Å². The summed E-state index contributed by atoms with van der Waals surface area (Å²) in [5.74, 6) is 2.08. The van der Waals surface area contributed by atoms with Gasteiger partial charge in [0.15, 0.2) is 0 Å². The molecule has 36 heavy (non-hydrogen) atoms. The van der Waals surface area contributed by atoms with Gasteiger partial charge in [-0.05, 0) is 38.3 Å². The Balaban J connectivity index is 1.28. The number of anilines is 1. The fourth-order valence-corrected chi connectivity index (χ4v) is 5.54. The van der Waals surface area contributed by atoms with Crippen LogP contribution in [0.4, 0.5) is 5.82 Å². The van der Waals surface area contributed by atoms with Gasteiger partial charge in [-0.3, -0.25) is 9.78 Å². The number of pyridine rings is 1. The van der Waals surface area contributed by atoms with Crippen LogP contribution in [0, 0.1) is 18.8 Å². The molecule has 0 saturated carbocycles. The molecular formula is C28H32ClN5O2. The van der Waals surface area contributed by atoms with Gasteiger partial charge >= 0.3 is 0 Å². The van der Waals surface area contributed by atoms with E-state index in [0.717, 1.165) is 31.7 Å². The lowest BCUT2D eigenvalue weighted by Crippen LogP contribution is -2.42. The zero-order chi connectivity index (χ0) is 25.1. The molecule has 2 aliphatic rings. The van der Waals surface area contributed by atoms with Crippen molar-refractivity contribution in [3.8, 4) is 5.88 Å². The number of carbonyl (C=O) groups is 1. The second kappa shape index (κ2) is 10.8. The number of halogens is 1. The number of aromatic nitrogens is 3. The number of ether oxygens (including phenoxy) is 1. The van der Waals surface area contributed by atoms with Crippen molar-refractivity contribution in [2.75, 3.05) is 31.1 Å². The zero-order valence-electron chi connectivity index (χ0n) is 20.8. The normalized spacial score (nSPS) is 21.4. The number of piperidine rings is 1. The summed E-state index contributed by atoms with van der Waals surface area (Å²) >= 11 is 5.99. The maximum atomic E-state index is 13.7. The molecule has 3 atom stereocenters. The Labute approximate surface area is 217 Å². The molecule has 8 heteroatoms. The van der Waals surface area contributed by atoms with Crippen LogP contribution in [0.3, 0.4) is 0 Å². The second-order valence-electron chi connectivity index (χ2n) is 9.89. The van der Waals surface area contributed by atoms with E-state index in [4.69, 9.17) is 16.3 Å². The minimum Gasteiger partial charge on any atom is -0.474 e. The van der Waals surface area contributed by atoms with Gasteiger partial charge in [-0.25, -0.2) is 9.97 Å². The Morgan fingerprint density at radius 2 is 1.81 bits per heavy atom. The number of aryl methyl sites for hydroxylation is 1. The summed E-state index contributed by atoms with van der Waals surface area (Å²) in [4.78, 5) is 30.8. The number of likely N-dealkylation sites (tertiary alicyclic amines) is 1. The summed E-state index contributed by atoms with van der Waals surface area (Å²) in [6, 6.07) is 12.2. The highest BCUT2D eigenvalue weighted by Crippen LogP contribution is 2.38. The molecule has 3 aromatic rings. The maximum absolute atomic E-state index is 13.7. The highest BCUT2D eigenvalue weighted by atomic mass is 35.5. The van der Waals surface area contributed by atoms with Gasteiger partial charge in [0.05, 0.1) is 11.2 Å². The Morgan fingerprint density at radius 3 is 2.47 bits per heavy atom. The van der Waals surface area contributed by atoms with Crippen LogP contribution in [0.1, 0.15) is 36.8 Å². The monoisotopic (exact) mass is 505 g/mol. The molecule has 1 amide bonds.